The fourth-order valence-corrected chi connectivity index (χ4v) is 3.44. The molecular formula is C16H14F2N2O4S. The number of hydrogen-bond donors (Lipinski definition) is 1. The van der Waals surface area contributed by atoms with Gasteiger partial charge >= 0.3 is 0 Å². The van der Waals surface area contributed by atoms with Crippen molar-refractivity contribution >= 4 is 27.3 Å². The topological polar surface area (TPSA) is 75.7 Å². The Kier molecular flexibility index (Phi) is 4.69. The highest BCUT2D eigenvalue weighted by molar-refractivity contribution is 7.92. The van der Waals surface area contributed by atoms with Gasteiger partial charge in [0.2, 0.25) is 0 Å². The Morgan fingerprint density at radius 2 is 1.80 bits per heavy atom. The molecule has 0 unspecified atom stereocenters. The Morgan fingerprint density at radius 3 is 2.44 bits per heavy atom. The number of nitrogens with zero attached hydrogens (tertiary/aromatic N) is 1. The Morgan fingerprint density at radius 1 is 1.08 bits per heavy atom. The summed E-state index contributed by atoms with van der Waals surface area (Å²) in [5.74, 6) is -2.03. The summed E-state index contributed by atoms with van der Waals surface area (Å²) in [6, 6.07) is 8.13. The van der Waals surface area contributed by atoms with Crippen LogP contribution in [0.5, 0.6) is 0 Å². The summed E-state index contributed by atoms with van der Waals surface area (Å²) < 4.78 is 58.3. The first kappa shape index (κ1) is 17.3. The maximum Gasteiger partial charge on any atom is 0.261 e. The van der Waals surface area contributed by atoms with E-state index in [1.807, 2.05) is 0 Å². The van der Waals surface area contributed by atoms with Crippen LogP contribution in [-0.4, -0.2) is 34.1 Å². The molecule has 1 heterocycles. The van der Waals surface area contributed by atoms with Gasteiger partial charge in [-0.15, -0.1) is 0 Å². The molecule has 6 nitrogen and oxygen atoms in total. The van der Waals surface area contributed by atoms with Gasteiger partial charge in [-0.05, 0) is 36.4 Å². The molecule has 2 aromatic rings. The molecular weight excluding hydrogens is 354 g/mol. The van der Waals surface area contributed by atoms with Crippen LogP contribution in [0.3, 0.4) is 0 Å². The van der Waals surface area contributed by atoms with E-state index in [9.17, 15) is 22.0 Å². The molecule has 1 N–H and O–H groups in total. The Labute approximate surface area is 143 Å². The number of benzene rings is 2. The summed E-state index contributed by atoms with van der Waals surface area (Å²) in [5.41, 5.74) is 0.189. The zero-order chi connectivity index (χ0) is 18.0. The van der Waals surface area contributed by atoms with Gasteiger partial charge in [0.25, 0.3) is 15.9 Å². The summed E-state index contributed by atoms with van der Waals surface area (Å²) >= 11 is 0. The third-order valence-corrected chi connectivity index (χ3v) is 5.00. The monoisotopic (exact) mass is 368 g/mol. The summed E-state index contributed by atoms with van der Waals surface area (Å²) in [4.78, 5) is 13.2. The van der Waals surface area contributed by atoms with Gasteiger partial charge < -0.3 is 9.64 Å². The first-order chi connectivity index (χ1) is 11.9. The lowest BCUT2D eigenvalue weighted by atomic mass is 10.2. The SMILES string of the molecule is O=C1COCCN1c1ccc(S(=O)(=O)Nc2ccc(F)cc2F)cc1. The number of anilines is 2. The van der Waals surface area contributed by atoms with Crippen LogP contribution in [0.25, 0.3) is 0 Å². The average molecular weight is 368 g/mol. The third-order valence-electron chi connectivity index (χ3n) is 3.62. The number of morpholine rings is 1. The van der Waals surface area contributed by atoms with E-state index in [0.29, 0.717) is 24.9 Å². The molecule has 9 heteroatoms. The second kappa shape index (κ2) is 6.77. The van der Waals surface area contributed by atoms with Crippen LogP contribution in [0.1, 0.15) is 0 Å². The molecule has 0 radical (unpaired) electrons. The third kappa shape index (κ3) is 3.77. The minimum Gasteiger partial charge on any atom is -0.370 e. The molecule has 0 atom stereocenters. The van der Waals surface area contributed by atoms with Crippen LogP contribution in [0.15, 0.2) is 47.4 Å². The second-order valence-corrected chi connectivity index (χ2v) is 7.00. The van der Waals surface area contributed by atoms with E-state index in [0.717, 1.165) is 12.1 Å². The zero-order valence-electron chi connectivity index (χ0n) is 12.9. The van der Waals surface area contributed by atoms with Crippen molar-refractivity contribution in [3.05, 3.63) is 54.1 Å². The second-order valence-electron chi connectivity index (χ2n) is 5.32. The number of amides is 1. The highest BCUT2D eigenvalue weighted by Gasteiger charge is 2.21. The summed E-state index contributed by atoms with van der Waals surface area (Å²) in [6.45, 7) is 0.757. The van der Waals surface area contributed by atoms with Gasteiger partial charge in [0, 0.05) is 18.3 Å². The lowest BCUT2D eigenvalue weighted by Crippen LogP contribution is -2.41. The Balaban J connectivity index is 1.81. The number of hydrogen-bond acceptors (Lipinski definition) is 4. The fourth-order valence-electron chi connectivity index (χ4n) is 2.37. The van der Waals surface area contributed by atoms with Crippen LogP contribution in [0, 0.1) is 11.6 Å². The lowest BCUT2D eigenvalue weighted by Gasteiger charge is -2.26. The number of carbonyl (C=O) groups excluding carboxylic acids is 1. The molecule has 0 aliphatic carbocycles. The minimum atomic E-state index is -4.05. The predicted molar refractivity (Wildman–Crippen MR) is 86.8 cm³/mol. The van der Waals surface area contributed by atoms with E-state index < -0.39 is 21.7 Å². The largest absolute Gasteiger partial charge is 0.370 e. The summed E-state index contributed by atoms with van der Waals surface area (Å²) in [5, 5.41) is 0. The van der Waals surface area contributed by atoms with Crippen molar-refractivity contribution in [2.75, 3.05) is 29.4 Å². The van der Waals surface area contributed by atoms with Crippen molar-refractivity contribution in [2.24, 2.45) is 0 Å². The molecule has 1 aliphatic heterocycles. The van der Waals surface area contributed by atoms with Gasteiger partial charge in [-0.2, -0.15) is 0 Å². The van der Waals surface area contributed by atoms with Crippen LogP contribution < -0.4 is 9.62 Å². The molecule has 0 spiro atoms. The van der Waals surface area contributed by atoms with Crippen LogP contribution in [0.4, 0.5) is 20.2 Å². The van der Waals surface area contributed by atoms with Gasteiger partial charge in [0.1, 0.15) is 18.2 Å². The van der Waals surface area contributed by atoms with Gasteiger partial charge in [0.05, 0.1) is 17.2 Å². The van der Waals surface area contributed by atoms with Crippen LogP contribution in [0.2, 0.25) is 0 Å². The molecule has 2 aromatic carbocycles. The molecule has 0 saturated carbocycles. The molecule has 3 rings (SSSR count). The standard InChI is InChI=1S/C16H14F2N2O4S/c17-11-1-6-15(14(18)9-11)19-25(22,23)13-4-2-12(3-5-13)20-7-8-24-10-16(20)21/h1-6,9,19H,7-8,10H2. The van der Waals surface area contributed by atoms with Crippen LogP contribution >= 0.6 is 0 Å². The lowest BCUT2D eigenvalue weighted by molar-refractivity contribution is -0.125. The molecule has 1 amide bonds. The van der Waals surface area contributed by atoms with Gasteiger partial charge in [-0.25, -0.2) is 17.2 Å². The molecule has 0 aromatic heterocycles. The van der Waals surface area contributed by atoms with Crippen molar-refractivity contribution in [1.82, 2.24) is 0 Å². The Bertz CT molecular complexity index is 901. The predicted octanol–water partition coefficient (Wildman–Crippen LogP) is 2.13. The first-order valence-electron chi connectivity index (χ1n) is 7.33. The normalized spacial score (nSPS) is 15.3. The number of carbonyl (C=O) groups is 1. The maximum atomic E-state index is 13.6. The van der Waals surface area contributed by atoms with Crippen molar-refractivity contribution in [3.63, 3.8) is 0 Å². The minimum absolute atomic E-state index is 0.0224. The van der Waals surface area contributed by atoms with Crippen molar-refractivity contribution in [3.8, 4) is 0 Å². The smallest absolute Gasteiger partial charge is 0.261 e. The van der Waals surface area contributed by atoms with E-state index in [4.69, 9.17) is 4.74 Å². The number of rotatable bonds is 4. The van der Waals surface area contributed by atoms with E-state index in [1.54, 1.807) is 0 Å². The van der Waals surface area contributed by atoms with Gasteiger partial charge in [-0.3, -0.25) is 9.52 Å². The highest BCUT2D eigenvalue weighted by Crippen LogP contribution is 2.23. The van der Waals surface area contributed by atoms with Crippen molar-refractivity contribution in [2.45, 2.75) is 4.90 Å². The van der Waals surface area contributed by atoms with E-state index in [-0.39, 0.29) is 23.1 Å². The first-order valence-corrected chi connectivity index (χ1v) is 8.81. The summed E-state index contributed by atoms with van der Waals surface area (Å²) in [6.07, 6.45) is 0. The molecule has 1 saturated heterocycles. The van der Waals surface area contributed by atoms with Gasteiger partial charge in [-0.1, -0.05) is 0 Å². The molecule has 25 heavy (non-hydrogen) atoms. The van der Waals surface area contributed by atoms with E-state index >= 15 is 0 Å². The molecule has 1 aliphatic rings. The zero-order valence-corrected chi connectivity index (χ0v) is 13.7. The van der Waals surface area contributed by atoms with Crippen molar-refractivity contribution < 1.29 is 26.7 Å². The number of ether oxygens (including phenoxy) is 1. The van der Waals surface area contributed by atoms with E-state index in [1.165, 1.54) is 29.2 Å². The highest BCUT2D eigenvalue weighted by atomic mass is 32.2. The molecule has 132 valence electrons. The number of halogens is 2. The Hall–Kier alpha value is -2.52. The van der Waals surface area contributed by atoms with Crippen molar-refractivity contribution in [1.29, 1.82) is 0 Å². The fraction of sp³-hybridized carbons (Fsp3) is 0.188. The maximum absolute atomic E-state index is 13.6. The van der Waals surface area contributed by atoms with E-state index in [2.05, 4.69) is 4.72 Å². The quantitative estimate of drug-likeness (QED) is 0.897. The number of nitrogens with one attached hydrogen (secondary N) is 1. The molecule has 0 bridgehead atoms. The number of sulfonamides is 1. The van der Waals surface area contributed by atoms with Crippen LogP contribution in [-0.2, 0) is 19.6 Å². The molecule has 1 fully saturated rings. The average Bonchev–Trinajstić information content (AvgIpc) is 2.58. The summed E-state index contributed by atoms with van der Waals surface area (Å²) in [7, 11) is -4.05. The van der Waals surface area contributed by atoms with Gasteiger partial charge in [0.15, 0.2) is 0 Å².